The van der Waals surface area contributed by atoms with Gasteiger partial charge in [-0.25, -0.2) is 4.79 Å². The van der Waals surface area contributed by atoms with Gasteiger partial charge >= 0.3 is 6.03 Å². The molecule has 1 N–H and O–H groups in total. The van der Waals surface area contributed by atoms with E-state index in [1.54, 1.807) is 59.3 Å². The zero-order valence-corrected chi connectivity index (χ0v) is 17.6. The van der Waals surface area contributed by atoms with Crippen LogP contribution in [-0.4, -0.2) is 56.5 Å². The Bertz CT molecular complexity index is 1070. The summed E-state index contributed by atoms with van der Waals surface area (Å²) in [6.07, 6.45) is 3.72. The lowest BCUT2D eigenvalue weighted by Gasteiger charge is -2.29. The zero-order chi connectivity index (χ0) is 21.8. The molecule has 9 nitrogen and oxygen atoms in total. The summed E-state index contributed by atoms with van der Waals surface area (Å²) in [6.45, 7) is 2.79. The summed E-state index contributed by atoms with van der Waals surface area (Å²) in [4.78, 5) is 37.8. The molecule has 3 heterocycles. The lowest BCUT2D eigenvalue weighted by Crippen LogP contribution is -2.41. The maximum Gasteiger partial charge on any atom is 0.321 e. The SMILES string of the molecule is Cc1noc(C2CN(C(=O)Nc3ccccc3Cl)CCCN2C(=O)c2cccnc2)n1. The number of aromatic nitrogens is 3. The van der Waals surface area contributed by atoms with Gasteiger partial charge in [-0.1, -0.05) is 28.9 Å². The van der Waals surface area contributed by atoms with Crippen LogP contribution in [0.5, 0.6) is 0 Å². The number of carbonyl (C=O) groups is 2. The first-order valence-electron chi connectivity index (χ1n) is 9.84. The van der Waals surface area contributed by atoms with Gasteiger partial charge in [-0.15, -0.1) is 0 Å². The minimum Gasteiger partial charge on any atom is -0.337 e. The van der Waals surface area contributed by atoms with Gasteiger partial charge < -0.3 is 19.6 Å². The Kier molecular flexibility index (Phi) is 6.13. The van der Waals surface area contributed by atoms with Gasteiger partial charge in [0.15, 0.2) is 5.82 Å². The third-order valence-electron chi connectivity index (χ3n) is 5.00. The summed E-state index contributed by atoms with van der Waals surface area (Å²) in [7, 11) is 0. The van der Waals surface area contributed by atoms with Crippen LogP contribution in [0.1, 0.15) is 34.5 Å². The molecule has 160 valence electrons. The van der Waals surface area contributed by atoms with Crippen molar-refractivity contribution in [2.24, 2.45) is 0 Å². The summed E-state index contributed by atoms with van der Waals surface area (Å²) in [5, 5.41) is 7.15. The van der Waals surface area contributed by atoms with Crippen LogP contribution in [0.4, 0.5) is 10.5 Å². The third-order valence-corrected chi connectivity index (χ3v) is 5.33. The highest BCUT2D eigenvalue weighted by atomic mass is 35.5. The van der Waals surface area contributed by atoms with E-state index in [9.17, 15) is 9.59 Å². The molecule has 31 heavy (non-hydrogen) atoms. The summed E-state index contributed by atoms with van der Waals surface area (Å²) < 4.78 is 5.39. The van der Waals surface area contributed by atoms with Crippen LogP contribution in [0, 0.1) is 6.92 Å². The lowest BCUT2D eigenvalue weighted by molar-refractivity contribution is 0.0641. The number of nitrogens with one attached hydrogen (secondary N) is 1. The molecule has 1 unspecified atom stereocenters. The number of amides is 3. The molecule has 3 amide bonds. The standard InChI is InChI=1S/C21H21ClN6O3/c1-14-24-19(31-26-14)18-13-27(21(30)25-17-8-3-2-7-16(17)22)10-5-11-28(18)20(29)15-6-4-9-23-12-15/h2-4,6-9,12,18H,5,10-11,13H2,1H3,(H,25,30). The summed E-state index contributed by atoms with van der Waals surface area (Å²) >= 11 is 6.17. The second kappa shape index (κ2) is 9.13. The van der Waals surface area contributed by atoms with E-state index in [2.05, 4.69) is 20.4 Å². The second-order valence-electron chi connectivity index (χ2n) is 7.15. The topological polar surface area (TPSA) is 104 Å². The van der Waals surface area contributed by atoms with E-state index >= 15 is 0 Å². The number of para-hydroxylation sites is 1. The molecule has 0 bridgehead atoms. The van der Waals surface area contributed by atoms with Crippen molar-refractivity contribution in [2.45, 2.75) is 19.4 Å². The molecule has 1 aliphatic heterocycles. The smallest absolute Gasteiger partial charge is 0.321 e. The van der Waals surface area contributed by atoms with Crippen molar-refractivity contribution < 1.29 is 14.1 Å². The maximum atomic E-state index is 13.2. The van der Waals surface area contributed by atoms with Gasteiger partial charge in [0.05, 0.1) is 22.8 Å². The van der Waals surface area contributed by atoms with Crippen LogP contribution in [0.25, 0.3) is 0 Å². The molecule has 1 fully saturated rings. The quantitative estimate of drug-likeness (QED) is 0.667. The molecule has 0 aliphatic carbocycles. The highest BCUT2D eigenvalue weighted by Crippen LogP contribution is 2.27. The number of halogens is 1. The molecule has 0 radical (unpaired) electrons. The maximum absolute atomic E-state index is 13.2. The number of hydrogen-bond acceptors (Lipinski definition) is 6. The lowest BCUT2D eigenvalue weighted by atomic mass is 10.1. The van der Waals surface area contributed by atoms with Gasteiger partial charge in [0.1, 0.15) is 6.04 Å². The molecule has 0 saturated carbocycles. The molecule has 3 aromatic rings. The number of urea groups is 1. The average molecular weight is 441 g/mol. The molecular weight excluding hydrogens is 420 g/mol. The fourth-order valence-corrected chi connectivity index (χ4v) is 3.67. The van der Waals surface area contributed by atoms with Crippen molar-refractivity contribution >= 4 is 29.2 Å². The molecule has 2 aromatic heterocycles. The monoisotopic (exact) mass is 440 g/mol. The number of aryl methyl sites for hydroxylation is 1. The van der Waals surface area contributed by atoms with Gasteiger partial charge in [-0.05, 0) is 37.6 Å². The van der Waals surface area contributed by atoms with Gasteiger partial charge in [0.2, 0.25) is 0 Å². The summed E-state index contributed by atoms with van der Waals surface area (Å²) in [5.74, 6) is 0.537. The van der Waals surface area contributed by atoms with E-state index in [0.717, 1.165) is 0 Å². The Morgan fingerprint density at radius 3 is 2.74 bits per heavy atom. The van der Waals surface area contributed by atoms with E-state index in [0.29, 0.717) is 41.6 Å². The number of nitrogens with zero attached hydrogens (tertiary/aromatic N) is 5. The van der Waals surface area contributed by atoms with Gasteiger partial charge in [0, 0.05) is 25.5 Å². The first kappa shape index (κ1) is 20.8. The number of hydrogen-bond donors (Lipinski definition) is 1. The predicted molar refractivity (Wildman–Crippen MR) is 114 cm³/mol. The Balaban J connectivity index is 1.60. The van der Waals surface area contributed by atoms with E-state index < -0.39 is 6.04 Å². The Labute approximate surface area is 184 Å². The van der Waals surface area contributed by atoms with Gasteiger partial charge in [-0.2, -0.15) is 4.98 Å². The zero-order valence-electron chi connectivity index (χ0n) is 16.9. The molecular formula is C21H21ClN6O3. The van der Waals surface area contributed by atoms with Crippen LogP contribution < -0.4 is 5.32 Å². The average Bonchev–Trinajstić information content (AvgIpc) is 3.09. The predicted octanol–water partition coefficient (Wildman–Crippen LogP) is 3.55. The Morgan fingerprint density at radius 1 is 1.19 bits per heavy atom. The van der Waals surface area contributed by atoms with E-state index in [1.165, 1.54) is 6.20 Å². The highest BCUT2D eigenvalue weighted by molar-refractivity contribution is 6.33. The molecule has 4 rings (SSSR count). The number of pyridine rings is 1. The molecule has 1 aromatic carbocycles. The molecule has 1 saturated heterocycles. The third kappa shape index (κ3) is 4.66. The summed E-state index contributed by atoms with van der Waals surface area (Å²) in [6, 6.07) is 9.53. The second-order valence-corrected chi connectivity index (χ2v) is 7.55. The van der Waals surface area contributed by atoms with Crippen molar-refractivity contribution in [3.05, 3.63) is 71.1 Å². The first-order chi connectivity index (χ1) is 15.0. The van der Waals surface area contributed by atoms with Crippen molar-refractivity contribution in [3.8, 4) is 0 Å². The number of rotatable bonds is 3. The fourth-order valence-electron chi connectivity index (χ4n) is 3.49. The van der Waals surface area contributed by atoms with Crippen molar-refractivity contribution in [1.82, 2.24) is 24.9 Å². The minimum absolute atomic E-state index is 0.198. The van der Waals surface area contributed by atoms with E-state index in [4.69, 9.17) is 16.1 Å². The fraction of sp³-hybridized carbons (Fsp3) is 0.286. The summed E-state index contributed by atoms with van der Waals surface area (Å²) in [5.41, 5.74) is 0.976. The highest BCUT2D eigenvalue weighted by Gasteiger charge is 2.35. The van der Waals surface area contributed by atoms with Gasteiger partial charge in [0.25, 0.3) is 11.8 Å². The molecule has 1 atom stereocenters. The van der Waals surface area contributed by atoms with Crippen LogP contribution in [0.3, 0.4) is 0 Å². The largest absolute Gasteiger partial charge is 0.337 e. The Hall–Kier alpha value is -3.46. The van der Waals surface area contributed by atoms with Crippen molar-refractivity contribution in [1.29, 1.82) is 0 Å². The normalized spacial score (nSPS) is 16.6. The van der Waals surface area contributed by atoms with Crippen molar-refractivity contribution in [2.75, 3.05) is 25.0 Å². The van der Waals surface area contributed by atoms with Crippen LogP contribution in [0.2, 0.25) is 5.02 Å². The molecule has 10 heteroatoms. The minimum atomic E-state index is -0.589. The first-order valence-corrected chi connectivity index (χ1v) is 10.2. The number of anilines is 1. The van der Waals surface area contributed by atoms with Crippen molar-refractivity contribution in [3.63, 3.8) is 0 Å². The van der Waals surface area contributed by atoms with Crippen LogP contribution in [0.15, 0.2) is 53.3 Å². The van der Waals surface area contributed by atoms with Gasteiger partial charge in [-0.3, -0.25) is 9.78 Å². The van der Waals surface area contributed by atoms with Crippen LogP contribution in [-0.2, 0) is 0 Å². The molecule has 1 aliphatic rings. The van der Waals surface area contributed by atoms with E-state index in [1.807, 2.05) is 0 Å². The van der Waals surface area contributed by atoms with Crippen LogP contribution >= 0.6 is 11.6 Å². The number of benzene rings is 1. The number of carbonyl (C=O) groups excluding carboxylic acids is 2. The van der Waals surface area contributed by atoms with E-state index in [-0.39, 0.29) is 24.4 Å². The Morgan fingerprint density at radius 2 is 2.03 bits per heavy atom. The molecule has 0 spiro atoms.